The summed E-state index contributed by atoms with van der Waals surface area (Å²) in [5.41, 5.74) is 0.697. The summed E-state index contributed by atoms with van der Waals surface area (Å²) in [5.74, 6) is 0.0177. The fraction of sp³-hybridized carbons (Fsp3) is 0.562. The third-order valence-electron chi connectivity index (χ3n) is 4.68. The van der Waals surface area contributed by atoms with Crippen molar-refractivity contribution in [1.82, 2.24) is 9.87 Å². The molecule has 0 spiro atoms. The number of hydrogen-bond donors (Lipinski definition) is 1. The standard InChI is InChI=1S/C16H25BN2O3/c1-17(21)19-11-9-16(10-12-19,15(20)18(2)22-3)13-14-7-5-4-6-8-14/h4-8,21H,9-13H2,1-3H3. The minimum atomic E-state index is -0.468. The highest BCUT2D eigenvalue weighted by molar-refractivity contribution is 6.45. The van der Waals surface area contributed by atoms with Crippen LogP contribution >= 0.6 is 0 Å². The molecule has 1 aromatic carbocycles. The first-order valence-electron chi connectivity index (χ1n) is 7.77. The van der Waals surface area contributed by atoms with E-state index in [0.29, 0.717) is 19.5 Å². The van der Waals surface area contributed by atoms with Gasteiger partial charge in [-0.1, -0.05) is 30.3 Å². The van der Waals surface area contributed by atoms with Gasteiger partial charge in [0.1, 0.15) is 0 Å². The van der Waals surface area contributed by atoms with Gasteiger partial charge in [-0.2, -0.15) is 0 Å². The molecule has 0 atom stereocenters. The van der Waals surface area contributed by atoms with Gasteiger partial charge < -0.3 is 9.83 Å². The third kappa shape index (κ3) is 3.69. The Morgan fingerprint density at radius 3 is 2.45 bits per heavy atom. The highest BCUT2D eigenvalue weighted by Gasteiger charge is 2.44. The van der Waals surface area contributed by atoms with Crippen LogP contribution in [0, 0.1) is 5.41 Å². The number of carbonyl (C=O) groups excluding carboxylic acids is 1. The topological polar surface area (TPSA) is 53.0 Å². The molecule has 1 aliphatic heterocycles. The summed E-state index contributed by atoms with van der Waals surface area (Å²) in [6, 6.07) is 10.1. The third-order valence-corrected chi connectivity index (χ3v) is 4.68. The predicted molar refractivity (Wildman–Crippen MR) is 87.0 cm³/mol. The summed E-state index contributed by atoms with van der Waals surface area (Å²) in [4.78, 5) is 20.0. The summed E-state index contributed by atoms with van der Waals surface area (Å²) in [6.45, 7) is 3.20. The first-order chi connectivity index (χ1) is 10.5. The van der Waals surface area contributed by atoms with Crippen molar-refractivity contribution < 1.29 is 14.7 Å². The van der Waals surface area contributed by atoms with Crippen LogP contribution in [0.25, 0.3) is 0 Å². The summed E-state index contributed by atoms with van der Waals surface area (Å²) < 4.78 is 0. The van der Waals surface area contributed by atoms with E-state index in [1.165, 1.54) is 12.2 Å². The van der Waals surface area contributed by atoms with Crippen molar-refractivity contribution in [2.24, 2.45) is 5.41 Å². The Hall–Kier alpha value is -1.37. The van der Waals surface area contributed by atoms with E-state index in [9.17, 15) is 9.82 Å². The number of carbonyl (C=O) groups is 1. The molecule has 1 saturated heterocycles. The van der Waals surface area contributed by atoms with Crippen LogP contribution in [0.1, 0.15) is 18.4 Å². The van der Waals surface area contributed by atoms with E-state index in [1.807, 2.05) is 23.0 Å². The molecule has 1 aromatic rings. The van der Waals surface area contributed by atoms with Crippen molar-refractivity contribution in [3.8, 4) is 0 Å². The average Bonchev–Trinajstić information content (AvgIpc) is 2.54. The molecule has 2 rings (SSSR count). The minimum absolute atomic E-state index is 0.0177. The highest BCUT2D eigenvalue weighted by Crippen LogP contribution is 2.37. The van der Waals surface area contributed by atoms with Crippen LogP contribution in [0.4, 0.5) is 0 Å². The molecule has 1 fully saturated rings. The lowest BCUT2D eigenvalue weighted by Crippen LogP contribution is -2.53. The van der Waals surface area contributed by atoms with Crippen LogP contribution in [-0.4, -0.2) is 55.1 Å². The first kappa shape index (κ1) is 17.0. The predicted octanol–water partition coefficient (Wildman–Crippen LogP) is 1.44. The molecule has 0 bridgehead atoms. The van der Waals surface area contributed by atoms with Crippen LogP contribution in [0.3, 0.4) is 0 Å². The van der Waals surface area contributed by atoms with Gasteiger partial charge >= 0.3 is 7.05 Å². The van der Waals surface area contributed by atoms with Gasteiger partial charge in [-0.3, -0.25) is 9.63 Å². The quantitative estimate of drug-likeness (QED) is 0.661. The second kappa shape index (κ2) is 7.27. The molecule has 0 radical (unpaired) electrons. The number of nitrogens with zero attached hydrogens (tertiary/aromatic N) is 2. The number of hydrogen-bond acceptors (Lipinski definition) is 4. The fourth-order valence-corrected chi connectivity index (χ4v) is 3.20. The van der Waals surface area contributed by atoms with Gasteiger partial charge in [-0.15, -0.1) is 0 Å². The Kier molecular flexibility index (Phi) is 5.61. The Morgan fingerprint density at radius 2 is 1.95 bits per heavy atom. The molecule has 1 amide bonds. The maximum atomic E-state index is 12.9. The van der Waals surface area contributed by atoms with E-state index >= 15 is 0 Å². The average molecular weight is 304 g/mol. The summed E-state index contributed by atoms with van der Waals surface area (Å²) in [7, 11) is 2.71. The van der Waals surface area contributed by atoms with Crippen LogP contribution in [-0.2, 0) is 16.1 Å². The lowest BCUT2D eigenvalue weighted by Gasteiger charge is -2.42. The van der Waals surface area contributed by atoms with Crippen molar-refractivity contribution >= 4 is 13.0 Å². The number of piperidine rings is 1. The second-order valence-electron chi connectivity index (χ2n) is 6.10. The molecule has 0 saturated carbocycles. The van der Waals surface area contributed by atoms with E-state index in [-0.39, 0.29) is 5.91 Å². The van der Waals surface area contributed by atoms with Gasteiger partial charge in [-0.25, -0.2) is 5.06 Å². The van der Waals surface area contributed by atoms with Gasteiger partial charge in [0.15, 0.2) is 0 Å². The van der Waals surface area contributed by atoms with Crippen LogP contribution in [0.2, 0.25) is 6.82 Å². The molecule has 120 valence electrons. The van der Waals surface area contributed by atoms with Gasteiger partial charge in [-0.05, 0) is 44.7 Å². The Labute approximate surface area is 132 Å². The first-order valence-corrected chi connectivity index (χ1v) is 7.77. The minimum Gasteiger partial charge on any atom is -0.437 e. The van der Waals surface area contributed by atoms with E-state index in [4.69, 9.17) is 4.84 Å². The zero-order valence-corrected chi connectivity index (χ0v) is 13.7. The monoisotopic (exact) mass is 304 g/mol. The summed E-state index contributed by atoms with van der Waals surface area (Å²) in [6.07, 6.45) is 2.15. The Bertz CT molecular complexity index is 487. The lowest BCUT2D eigenvalue weighted by atomic mass is 9.70. The van der Waals surface area contributed by atoms with E-state index in [1.54, 1.807) is 13.9 Å². The molecule has 5 nitrogen and oxygen atoms in total. The lowest BCUT2D eigenvalue weighted by molar-refractivity contribution is -0.182. The second-order valence-corrected chi connectivity index (χ2v) is 6.10. The zero-order chi connectivity index (χ0) is 16.2. The van der Waals surface area contributed by atoms with Gasteiger partial charge in [0.05, 0.1) is 12.5 Å². The molecular formula is C16H25BN2O3. The molecule has 1 heterocycles. The molecule has 22 heavy (non-hydrogen) atoms. The molecule has 1 N–H and O–H groups in total. The molecular weight excluding hydrogens is 279 g/mol. The Morgan fingerprint density at radius 1 is 1.36 bits per heavy atom. The van der Waals surface area contributed by atoms with E-state index < -0.39 is 12.5 Å². The van der Waals surface area contributed by atoms with Crippen molar-refractivity contribution in [2.45, 2.75) is 26.1 Å². The maximum Gasteiger partial charge on any atom is 0.376 e. The Balaban J connectivity index is 2.20. The maximum absolute atomic E-state index is 12.9. The molecule has 0 aromatic heterocycles. The zero-order valence-electron chi connectivity index (χ0n) is 13.7. The van der Waals surface area contributed by atoms with E-state index in [2.05, 4.69) is 12.1 Å². The fourth-order valence-electron chi connectivity index (χ4n) is 3.20. The van der Waals surface area contributed by atoms with Crippen molar-refractivity contribution in [3.63, 3.8) is 0 Å². The molecule has 0 aliphatic carbocycles. The molecule has 1 aliphatic rings. The molecule has 6 heteroatoms. The molecule has 0 unspecified atom stereocenters. The van der Waals surface area contributed by atoms with Gasteiger partial charge in [0.2, 0.25) is 0 Å². The number of rotatable bonds is 5. The van der Waals surface area contributed by atoms with Crippen molar-refractivity contribution in [2.75, 3.05) is 27.2 Å². The van der Waals surface area contributed by atoms with Gasteiger partial charge in [0, 0.05) is 7.05 Å². The number of benzene rings is 1. The van der Waals surface area contributed by atoms with Crippen LogP contribution in [0.15, 0.2) is 30.3 Å². The van der Waals surface area contributed by atoms with Crippen LogP contribution < -0.4 is 0 Å². The SMILES string of the molecule is CON(C)C(=O)C1(Cc2ccccc2)CCN(B(C)O)CC1. The van der Waals surface area contributed by atoms with E-state index in [0.717, 1.165) is 18.4 Å². The number of amides is 1. The summed E-state index contributed by atoms with van der Waals surface area (Å²) >= 11 is 0. The van der Waals surface area contributed by atoms with Gasteiger partial charge in [0.25, 0.3) is 5.91 Å². The normalized spacial score (nSPS) is 18.0. The van der Waals surface area contributed by atoms with Crippen molar-refractivity contribution in [1.29, 1.82) is 0 Å². The largest absolute Gasteiger partial charge is 0.437 e. The highest BCUT2D eigenvalue weighted by atomic mass is 16.7. The number of hydroxylamine groups is 2. The summed E-state index contributed by atoms with van der Waals surface area (Å²) in [5, 5.41) is 11.1. The smallest absolute Gasteiger partial charge is 0.376 e. The van der Waals surface area contributed by atoms with Crippen LogP contribution in [0.5, 0.6) is 0 Å². The van der Waals surface area contributed by atoms with Crippen molar-refractivity contribution in [3.05, 3.63) is 35.9 Å².